The van der Waals surface area contributed by atoms with E-state index in [1.165, 1.54) is 12.1 Å². The molecule has 1 heterocycles. The van der Waals surface area contributed by atoms with E-state index >= 15 is 0 Å². The van der Waals surface area contributed by atoms with Crippen LogP contribution in [-0.4, -0.2) is 15.7 Å². The second-order valence-electron chi connectivity index (χ2n) is 4.73. The highest BCUT2D eigenvalue weighted by Gasteiger charge is 2.08. The van der Waals surface area contributed by atoms with Crippen LogP contribution < -0.4 is 5.32 Å². The monoisotopic (exact) mass is 393 g/mol. The molecule has 0 saturated carbocycles. The SMILES string of the molecule is O=C(Nc1ccc(Cl)c(F)c1)c1ccc(-n2cc(Br)cn2)cc1. The van der Waals surface area contributed by atoms with Crippen molar-refractivity contribution in [2.75, 3.05) is 5.32 Å². The number of hydrogen-bond donors (Lipinski definition) is 1. The molecular formula is C16H10BrClFN3O. The third kappa shape index (κ3) is 3.60. The van der Waals surface area contributed by atoms with Crippen molar-refractivity contribution in [1.29, 1.82) is 0 Å². The molecule has 7 heteroatoms. The zero-order valence-electron chi connectivity index (χ0n) is 11.6. The van der Waals surface area contributed by atoms with Gasteiger partial charge < -0.3 is 5.32 Å². The maximum absolute atomic E-state index is 13.4. The van der Waals surface area contributed by atoms with Crippen molar-refractivity contribution in [3.8, 4) is 5.69 Å². The normalized spacial score (nSPS) is 10.6. The molecular weight excluding hydrogens is 385 g/mol. The van der Waals surface area contributed by atoms with Crippen LogP contribution in [0.1, 0.15) is 10.4 Å². The Bertz CT molecular complexity index is 864. The van der Waals surface area contributed by atoms with Crippen molar-refractivity contribution in [2.24, 2.45) is 0 Å². The summed E-state index contributed by atoms with van der Waals surface area (Å²) < 4.78 is 15.9. The van der Waals surface area contributed by atoms with Gasteiger partial charge in [-0.25, -0.2) is 9.07 Å². The molecule has 0 aliphatic carbocycles. The number of rotatable bonds is 3. The maximum atomic E-state index is 13.4. The smallest absolute Gasteiger partial charge is 0.255 e. The van der Waals surface area contributed by atoms with Gasteiger partial charge in [-0.3, -0.25) is 4.79 Å². The van der Waals surface area contributed by atoms with Crippen molar-refractivity contribution < 1.29 is 9.18 Å². The third-order valence-corrected chi connectivity index (χ3v) is 3.84. The second-order valence-corrected chi connectivity index (χ2v) is 6.06. The first kappa shape index (κ1) is 15.7. The van der Waals surface area contributed by atoms with Crippen molar-refractivity contribution >= 4 is 39.1 Å². The summed E-state index contributed by atoms with van der Waals surface area (Å²) in [6.07, 6.45) is 3.49. The van der Waals surface area contributed by atoms with Gasteiger partial charge in [-0.05, 0) is 58.4 Å². The van der Waals surface area contributed by atoms with Crippen LogP contribution in [0.3, 0.4) is 0 Å². The molecule has 0 aliphatic rings. The van der Waals surface area contributed by atoms with Gasteiger partial charge in [0.1, 0.15) is 5.82 Å². The average Bonchev–Trinajstić information content (AvgIpc) is 2.97. The fraction of sp³-hybridized carbons (Fsp3) is 0. The highest BCUT2D eigenvalue weighted by molar-refractivity contribution is 9.10. The third-order valence-electron chi connectivity index (χ3n) is 3.12. The maximum Gasteiger partial charge on any atom is 0.255 e. The molecule has 0 radical (unpaired) electrons. The van der Waals surface area contributed by atoms with Crippen molar-refractivity contribution in [2.45, 2.75) is 0 Å². The lowest BCUT2D eigenvalue weighted by Gasteiger charge is -2.07. The number of nitrogens with one attached hydrogen (secondary N) is 1. The Kier molecular flexibility index (Phi) is 4.45. The Balaban J connectivity index is 1.76. The molecule has 4 nitrogen and oxygen atoms in total. The zero-order valence-corrected chi connectivity index (χ0v) is 14.0. The van der Waals surface area contributed by atoms with E-state index in [0.29, 0.717) is 11.3 Å². The van der Waals surface area contributed by atoms with Crippen LogP contribution in [0.15, 0.2) is 59.3 Å². The van der Waals surface area contributed by atoms with Crippen LogP contribution in [0, 0.1) is 5.82 Å². The summed E-state index contributed by atoms with van der Waals surface area (Å²) in [5.41, 5.74) is 1.62. The van der Waals surface area contributed by atoms with E-state index < -0.39 is 5.82 Å². The molecule has 0 unspecified atom stereocenters. The number of carbonyl (C=O) groups excluding carboxylic acids is 1. The number of nitrogens with zero attached hydrogens (tertiary/aromatic N) is 2. The molecule has 23 heavy (non-hydrogen) atoms. The number of amides is 1. The largest absolute Gasteiger partial charge is 0.322 e. The second kappa shape index (κ2) is 6.52. The molecule has 0 atom stereocenters. The molecule has 1 N–H and O–H groups in total. The van der Waals surface area contributed by atoms with Gasteiger partial charge in [-0.2, -0.15) is 5.10 Å². The van der Waals surface area contributed by atoms with Gasteiger partial charge in [-0.1, -0.05) is 11.6 Å². The number of halogens is 3. The topological polar surface area (TPSA) is 46.9 Å². The summed E-state index contributed by atoms with van der Waals surface area (Å²) in [6, 6.07) is 11.0. The first-order valence-corrected chi connectivity index (χ1v) is 7.77. The van der Waals surface area contributed by atoms with Crippen LogP contribution in [0.25, 0.3) is 5.69 Å². The van der Waals surface area contributed by atoms with Crippen molar-refractivity contribution in [1.82, 2.24) is 9.78 Å². The Hall–Kier alpha value is -2.18. The summed E-state index contributed by atoms with van der Waals surface area (Å²) >= 11 is 8.94. The van der Waals surface area contributed by atoms with Crippen LogP contribution in [0.2, 0.25) is 5.02 Å². The summed E-state index contributed by atoms with van der Waals surface area (Å²) in [7, 11) is 0. The van der Waals surface area contributed by atoms with Crippen LogP contribution in [-0.2, 0) is 0 Å². The van der Waals surface area contributed by atoms with Gasteiger partial charge in [0, 0.05) is 17.4 Å². The first-order valence-electron chi connectivity index (χ1n) is 6.60. The van der Waals surface area contributed by atoms with Crippen LogP contribution >= 0.6 is 27.5 Å². The van der Waals surface area contributed by atoms with Crippen LogP contribution in [0.4, 0.5) is 10.1 Å². The minimum absolute atomic E-state index is 0.0118. The predicted octanol–water partition coefficient (Wildman–Crippen LogP) is 4.68. The zero-order chi connectivity index (χ0) is 16.4. The molecule has 1 aromatic heterocycles. The number of anilines is 1. The van der Waals surface area contributed by atoms with E-state index in [4.69, 9.17) is 11.6 Å². The molecule has 0 aliphatic heterocycles. The predicted molar refractivity (Wildman–Crippen MR) is 90.6 cm³/mol. The van der Waals surface area contributed by atoms with Gasteiger partial charge in [0.15, 0.2) is 0 Å². The molecule has 0 bridgehead atoms. The lowest BCUT2D eigenvalue weighted by molar-refractivity contribution is 0.102. The summed E-state index contributed by atoms with van der Waals surface area (Å²) in [6.45, 7) is 0. The van der Waals surface area contributed by atoms with Crippen molar-refractivity contribution in [3.63, 3.8) is 0 Å². The highest BCUT2D eigenvalue weighted by atomic mass is 79.9. The molecule has 0 spiro atoms. The van der Waals surface area contributed by atoms with Crippen LogP contribution in [0.5, 0.6) is 0 Å². The first-order chi connectivity index (χ1) is 11.0. The summed E-state index contributed by atoms with van der Waals surface area (Å²) in [5, 5.41) is 6.80. The minimum atomic E-state index is -0.580. The fourth-order valence-corrected chi connectivity index (χ4v) is 2.39. The van der Waals surface area contributed by atoms with E-state index in [1.807, 2.05) is 6.20 Å². The Labute approximate surface area is 145 Å². The molecule has 3 aromatic rings. The molecule has 3 rings (SSSR count). The minimum Gasteiger partial charge on any atom is -0.322 e. The lowest BCUT2D eigenvalue weighted by atomic mass is 10.2. The summed E-state index contributed by atoms with van der Waals surface area (Å²) in [5.74, 6) is -0.913. The van der Waals surface area contributed by atoms with Gasteiger partial charge >= 0.3 is 0 Å². The van der Waals surface area contributed by atoms with Gasteiger partial charge in [0.05, 0.1) is 21.4 Å². The molecule has 1 amide bonds. The average molecular weight is 395 g/mol. The Morgan fingerprint density at radius 3 is 2.57 bits per heavy atom. The number of benzene rings is 2. The Morgan fingerprint density at radius 2 is 1.96 bits per heavy atom. The molecule has 0 saturated heterocycles. The Morgan fingerprint density at radius 1 is 1.22 bits per heavy atom. The fourth-order valence-electron chi connectivity index (χ4n) is 1.98. The summed E-state index contributed by atoms with van der Waals surface area (Å²) in [4.78, 5) is 12.2. The molecule has 0 fully saturated rings. The molecule has 2 aromatic carbocycles. The standard InChI is InChI=1S/C16H10BrClFN3O/c17-11-8-20-22(9-11)13-4-1-10(2-5-13)16(23)21-12-3-6-14(18)15(19)7-12/h1-9H,(H,21,23). The van der Waals surface area contributed by atoms with E-state index in [0.717, 1.165) is 10.2 Å². The highest BCUT2D eigenvalue weighted by Crippen LogP contribution is 2.19. The number of aromatic nitrogens is 2. The van der Waals surface area contributed by atoms with E-state index in [-0.39, 0.29) is 10.9 Å². The van der Waals surface area contributed by atoms with Gasteiger partial charge in [0.25, 0.3) is 5.91 Å². The van der Waals surface area contributed by atoms with Gasteiger partial charge in [-0.15, -0.1) is 0 Å². The van der Waals surface area contributed by atoms with Gasteiger partial charge in [0.2, 0.25) is 0 Å². The number of carbonyl (C=O) groups is 1. The number of hydrogen-bond acceptors (Lipinski definition) is 2. The van der Waals surface area contributed by atoms with E-state index in [2.05, 4.69) is 26.3 Å². The molecule has 116 valence electrons. The van der Waals surface area contributed by atoms with E-state index in [1.54, 1.807) is 41.2 Å². The van der Waals surface area contributed by atoms with Crippen molar-refractivity contribution in [3.05, 3.63) is 75.7 Å². The van der Waals surface area contributed by atoms with E-state index in [9.17, 15) is 9.18 Å². The lowest BCUT2D eigenvalue weighted by Crippen LogP contribution is -2.12. The quantitative estimate of drug-likeness (QED) is 0.701.